The van der Waals surface area contributed by atoms with E-state index < -0.39 is 0 Å². The van der Waals surface area contributed by atoms with Crippen molar-refractivity contribution in [1.82, 2.24) is 9.38 Å². The van der Waals surface area contributed by atoms with E-state index in [4.69, 9.17) is 9.40 Å². The number of benzene rings is 4. The number of halogens is 2. The van der Waals surface area contributed by atoms with Gasteiger partial charge in [-0.1, -0.05) is 46.3 Å². The van der Waals surface area contributed by atoms with Gasteiger partial charge in [-0.2, -0.15) is 0 Å². The van der Waals surface area contributed by atoms with Crippen LogP contribution in [0.3, 0.4) is 0 Å². The lowest BCUT2D eigenvalue weighted by atomic mass is 9.96. The summed E-state index contributed by atoms with van der Waals surface area (Å²) in [5, 5.41) is 5.40. The minimum absolute atomic E-state index is 0.0782. The first-order valence-corrected chi connectivity index (χ1v) is 11.0. The molecular formula is C24H10Br2N2O2. The second-order valence-corrected chi connectivity index (χ2v) is 9.14. The van der Waals surface area contributed by atoms with Crippen LogP contribution >= 0.6 is 31.9 Å². The van der Waals surface area contributed by atoms with E-state index in [1.807, 2.05) is 60.7 Å². The lowest BCUT2D eigenvalue weighted by Crippen LogP contribution is -2.13. The van der Waals surface area contributed by atoms with Crippen molar-refractivity contribution in [3.63, 3.8) is 0 Å². The molecule has 0 aliphatic carbocycles. The van der Waals surface area contributed by atoms with Crippen molar-refractivity contribution in [3.05, 3.63) is 80.0 Å². The molecule has 0 aliphatic heterocycles. The monoisotopic (exact) mass is 516 g/mol. The number of para-hydroxylation sites is 3. The Morgan fingerprint density at radius 2 is 1.57 bits per heavy atom. The third kappa shape index (κ3) is 1.91. The normalized spacial score (nSPS) is 12.5. The molecule has 4 nitrogen and oxygen atoms in total. The van der Waals surface area contributed by atoms with Gasteiger partial charge in [-0.25, -0.2) is 4.98 Å². The SMILES string of the molecule is O=c1c2cc(Br)c3c4ccccc4oc4c(Br)cc(c2c43)c2nc3ccccc3n12. The highest BCUT2D eigenvalue weighted by Gasteiger charge is 2.23. The molecule has 0 saturated heterocycles. The number of aromatic nitrogens is 2. The molecule has 30 heavy (non-hydrogen) atoms. The summed E-state index contributed by atoms with van der Waals surface area (Å²) < 4.78 is 9.70. The molecule has 0 fully saturated rings. The van der Waals surface area contributed by atoms with Crippen LogP contribution in [-0.2, 0) is 0 Å². The van der Waals surface area contributed by atoms with Gasteiger partial charge in [0, 0.05) is 31.4 Å². The number of rotatable bonds is 0. The van der Waals surface area contributed by atoms with Crippen molar-refractivity contribution in [2.45, 2.75) is 0 Å². The van der Waals surface area contributed by atoms with Crippen LogP contribution in [0.2, 0.25) is 0 Å². The van der Waals surface area contributed by atoms with Crippen LogP contribution in [0.1, 0.15) is 0 Å². The molecule has 3 aromatic heterocycles. The van der Waals surface area contributed by atoms with Gasteiger partial charge in [-0.3, -0.25) is 9.20 Å². The zero-order chi connectivity index (χ0) is 20.1. The van der Waals surface area contributed by atoms with Gasteiger partial charge < -0.3 is 4.42 Å². The molecule has 0 N–H and O–H groups in total. The fraction of sp³-hybridized carbons (Fsp3) is 0. The first kappa shape index (κ1) is 16.8. The standard InChI is InChI=1S/C24H10Br2N2O2/c25-14-10-13-19-12(23-27-16-6-2-3-7-17(16)28(23)24(13)29)9-15(26)22-21(19)20(14)11-5-1-4-8-18(11)30-22/h1-10H. The Hall–Kier alpha value is -2.96. The largest absolute Gasteiger partial charge is 0.455 e. The summed E-state index contributed by atoms with van der Waals surface area (Å²) >= 11 is 7.45. The lowest BCUT2D eigenvalue weighted by Gasteiger charge is -2.15. The molecule has 0 aliphatic rings. The molecule has 6 heteroatoms. The molecule has 0 saturated carbocycles. The van der Waals surface area contributed by atoms with E-state index in [0.717, 1.165) is 58.1 Å². The van der Waals surface area contributed by atoms with Crippen LogP contribution in [0, 0.1) is 0 Å². The maximum absolute atomic E-state index is 13.6. The molecule has 7 rings (SSSR count). The second kappa shape index (κ2) is 5.59. The van der Waals surface area contributed by atoms with Crippen molar-refractivity contribution >= 4 is 92.0 Å². The Morgan fingerprint density at radius 1 is 0.800 bits per heavy atom. The number of imidazole rings is 1. The quantitative estimate of drug-likeness (QED) is 0.160. The van der Waals surface area contributed by atoms with Crippen LogP contribution < -0.4 is 5.56 Å². The molecule has 0 bridgehead atoms. The summed E-state index contributed by atoms with van der Waals surface area (Å²) in [4.78, 5) is 18.4. The second-order valence-electron chi connectivity index (χ2n) is 7.43. The van der Waals surface area contributed by atoms with Gasteiger partial charge in [0.1, 0.15) is 16.8 Å². The molecule has 4 aromatic carbocycles. The van der Waals surface area contributed by atoms with E-state index >= 15 is 0 Å². The molecule has 0 unspecified atom stereocenters. The summed E-state index contributed by atoms with van der Waals surface area (Å²) in [6, 6.07) is 19.6. The van der Waals surface area contributed by atoms with Crippen LogP contribution in [-0.4, -0.2) is 9.38 Å². The number of hydrogen-bond donors (Lipinski definition) is 0. The van der Waals surface area contributed by atoms with Gasteiger partial charge in [0.15, 0.2) is 0 Å². The Labute approximate surface area is 185 Å². The van der Waals surface area contributed by atoms with Gasteiger partial charge in [-0.15, -0.1) is 0 Å². The van der Waals surface area contributed by atoms with E-state index in [2.05, 4.69) is 31.9 Å². The molecule has 7 aromatic rings. The van der Waals surface area contributed by atoms with E-state index in [1.54, 1.807) is 4.40 Å². The third-order valence-electron chi connectivity index (χ3n) is 5.87. The van der Waals surface area contributed by atoms with Gasteiger partial charge in [-0.05, 0) is 46.3 Å². The zero-order valence-corrected chi connectivity index (χ0v) is 18.4. The molecule has 0 amide bonds. The average molecular weight is 518 g/mol. The predicted molar refractivity (Wildman–Crippen MR) is 128 cm³/mol. The highest BCUT2D eigenvalue weighted by Crippen LogP contribution is 2.45. The Balaban J connectivity index is 1.91. The van der Waals surface area contributed by atoms with Gasteiger partial charge in [0.05, 0.1) is 20.9 Å². The molecule has 142 valence electrons. The molecule has 0 atom stereocenters. The fourth-order valence-corrected chi connectivity index (χ4v) is 5.80. The first-order valence-electron chi connectivity index (χ1n) is 9.42. The van der Waals surface area contributed by atoms with Crippen molar-refractivity contribution in [1.29, 1.82) is 0 Å². The zero-order valence-electron chi connectivity index (χ0n) is 15.2. The maximum atomic E-state index is 13.6. The minimum atomic E-state index is -0.0782. The van der Waals surface area contributed by atoms with Crippen molar-refractivity contribution in [2.75, 3.05) is 0 Å². The van der Waals surface area contributed by atoms with Gasteiger partial charge >= 0.3 is 0 Å². The molecular weight excluding hydrogens is 508 g/mol. The number of pyridine rings is 1. The van der Waals surface area contributed by atoms with Crippen molar-refractivity contribution < 1.29 is 4.42 Å². The van der Waals surface area contributed by atoms with Crippen LogP contribution in [0.4, 0.5) is 0 Å². The number of nitrogens with zero attached hydrogens (tertiary/aromatic N) is 2. The van der Waals surface area contributed by atoms with Gasteiger partial charge in [0.2, 0.25) is 0 Å². The summed E-state index contributed by atoms with van der Waals surface area (Å²) in [7, 11) is 0. The van der Waals surface area contributed by atoms with Gasteiger partial charge in [0.25, 0.3) is 5.56 Å². The summed E-state index contributed by atoms with van der Waals surface area (Å²) in [5.74, 6) is 0. The van der Waals surface area contributed by atoms with Crippen molar-refractivity contribution in [2.24, 2.45) is 0 Å². The molecule has 3 heterocycles. The maximum Gasteiger partial charge on any atom is 0.264 e. The summed E-state index contributed by atoms with van der Waals surface area (Å²) in [6.45, 7) is 0. The summed E-state index contributed by atoms with van der Waals surface area (Å²) in [5.41, 5.74) is 3.71. The average Bonchev–Trinajstić information content (AvgIpc) is 3.15. The number of fused-ring (bicyclic) bond motifs is 6. The smallest absolute Gasteiger partial charge is 0.264 e. The first-order chi connectivity index (χ1) is 14.6. The van der Waals surface area contributed by atoms with E-state index in [9.17, 15) is 4.79 Å². The molecule has 0 radical (unpaired) electrons. The highest BCUT2D eigenvalue weighted by molar-refractivity contribution is 9.11. The Bertz CT molecular complexity index is 1900. The fourth-order valence-electron chi connectivity index (χ4n) is 4.65. The van der Waals surface area contributed by atoms with E-state index in [1.165, 1.54) is 0 Å². The van der Waals surface area contributed by atoms with E-state index in [-0.39, 0.29) is 5.56 Å². The lowest BCUT2D eigenvalue weighted by molar-refractivity contribution is 0.660. The molecule has 0 spiro atoms. The van der Waals surface area contributed by atoms with Crippen LogP contribution in [0.5, 0.6) is 0 Å². The minimum Gasteiger partial charge on any atom is -0.455 e. The van der Waals surface area contributed by atoms with Crippen molar-refractivity contribution in [3.8, 4) is 0 Å². The van der Waals surface area contributed by atoms with Crippen LogP contribution in [0.15, 0.2) is 78.8 Å². The topological polar surface area (TPSA) is 47.5 Å². The highest BCUT2D eigenvalue weighted by atomic mass is 79.9. The van der Waals surface area contributed by atoms with Crippen LogP contribution in [0.25, 0.3) is 60.2 Å². The predicted octanol–water partition coefficient (Wildman–Crippen LogP) is 7.02. The Morgan fingerprint density at radius 3 is 2.47 bits per heavy atom. The summed E-state index contributed by atoms with van der Waals surface area (Å²) in [6.07, 6.45) is 0. The Kier molecular flexibility index (Phi) is 3.13. The van der Waals surface area contributed by atoms with E-state index in [0.29, 0.717) is 11.0 Å². The third-order valence-corrected chi connectivity index (χ3v) is 7.08. The number of hydrogen-bond acceptors (Lipinski definition) is 3.